The highest BCUT2D eigenvalue weighted by Gasteiger charge is 2.15. The maximum Gasteiger partial charge on any atom is 0.138 e. The SMILES string of the molecule is Cc1sc2ncnc(NCC(C)CN3CCCCC3)c2c1C. The van der Waals surface area contributed by atoms with E-state index in [1.807, 2.05) is 0 Å². The van der Waals surface area contributed by atoms with Crippen molar-refractivity contribution < 1.29 is 0 Å². The van der Waals surface area contributed by atoms with Crippen LogP contribution in [-0.4, -0.2) is 41.0 Å². The average molecular weight is 318 g/mol. The van der Waals surface area contributed by atoms with E-state index < -0.39 is 0 Å². The van der Waals surface area contributed by atoms with Gasteiger partial charge >= 0.3 is 0 Å². The summed E-state index contributed by atoms with van der Waals surface area (Å²) in [5.74, 6) is 1.63. The van der Waals surface area contributed by atoms with Gasteiger partial charge in [-0.3, -0.25) is 0 Å². The highest BCUT2D eigenvalue weighted by molar-refractivity contribution is 7.18. The fraction of sp³-hybridized carbons (Fsp3) is 0.647. The molecule has 0 aliphatic carbocycles. The number of nitrogens with zero attached hydrogens (tertiary/aromatic N) is 3. The van der Waals surface area contributed by atoms with Crippen molar-refractivity contribution in [3.05, 3.63) is 16.8 Å². The van der Waals surface area contributed by atoms with Crippen LogP contribution in [0.15, 0.2) is 6.33 Å². The lowest BCUT2D eigenvalue weighted by Crippen LogP contribution is -2.35. The maximum absolute atomic E-state index is 4.47. The van der Waals surface area contributed by atoms with Crippen LogP contribution in [-0.2, 0) is 0 Å². The zero-order valence-corrected chi connectivity index (χ0v) is 14.7. The standard InChI is InChI=1S/C17H26N4S/c1-12(10-21-7-5-4-6-8-21)9-18-16-15-13(2)14(3)22-17(15)20-11-19-16/h11-12H,4-10H2,1-3H3,(H,18,19,20). The van der Waals surface area contributed by atoms with Crippen LogP contribution in [0.1, 0.15) is 36.6 Å². The summed E-state index contributed by atoms with van der Waals surface area (Å²) in [7, 11) is 0. The summed E-state index contributed by atoms with van der Waals surface area (Å²) in [4.78, 5) is 13.9. The first-order valence-corrected chi connectivity index (χ1v) is 9.13. The van der Waals surface area contributed by atoms with Gasteiger partial charge in [-0.15, -0.1) is 11.3 Å². The van der Waals surface area contributed by atoms with E-state index >= 15 is 0 Å². The molecule has 1 saturated heterocycles. The second-order valence-corrected chi connectivity index (χ2v) is 7.74. The number of anilines is 1. The Labute approximate surface area is 137 Å². The minimum Gasteiger partial charge on any atom is -0.369 e. The van der Waals surface area contributed by atoms with E-state index in [-0.39, 0.29) is 0 Å². The van der Waals surface area contributed by atoms with Gasteiger partial charge in [-0.25, -0.2) is 9.97 Å². The molecule has 1 atom stereocenters. The Morgan fingerprint density at radius 2 is 2.00 bits per heavy atom. The number of piperidine rings is 1. The van der Waals surface area contributed by atoms with Gasteiger partial charge in [0.1, 0.15) is 17.0 Å². The molecular weight excluding hydrogens is 292 g/mol. The van der Waals surface area contributed by atoms with Crippen molar-refractivity contribution >= 4 is 27.4 Å². The minimum absolute atomic E-state index is 0.628. The van der Waals surface area contributed by atoms with Crippen LogP contribution >= 0.6 is 11.3 Å². The molecule has 0 bridgehead atoms. The van der Waals surface area contributed by atoms with E-state index in [9.17, 15) is 0 Å². The topological polar surface area (TPSA) is 41.1 Å². The number of aromatic nitrogens is 2. The number of rotatable bonds is 5. The highest BCUT2D eigenvalue weighted by atomic mass is 32.1. The quantitative estimate of drug-likeness (QED) is 0.909. The zero-order chi connectivity index (χ0) is 15.5. The molecule has 4 nitrogen and oxygen atoms in total. The van der Waals surface area contributed by atoms with Gasteiger partial charge in [0, 0.05) is 18.0 Å². The number of aryl methyl sites for hydroxylation is 2. The van der Waals surface area contributed by atoms with Crippen LogP contribution in [0, 0.1) is 19.8 Å². The molecule has 2 aromatic heterocycles. The molecule has 1 unspecified atom stereocenters. The fourth-order valence-corrected chi connectivity index (χ4v) is 4.23. The van der Waals surface area contributed by atoms with E-state index in [0.717, 1.165) is 17.2 Å². The van der Waals surface area contributed by atoms with Crippen LogP contribution in [0.5, 0.6) is 0 Å². The predicted molar refractivity (Wildman–Crippen MR) is 94.8 cm³/mol. The van der Waals surface area contributed by atoms with Gasteiger partial charge in [-0.2, -0.15) is 0 Å². The summed E-state index contributed by atoms with van der Waals surface area (Å²) >= 11 is 1.76. The molecule has 2 aromatic rings. The minimum atomic E-state index is 0.628. The Bertz CT molecular complexity index is 631. The molecule has 120 valence electrons. The van der Waals surface area contributed by atoms with Gasteiger partial charge in [0.25, 0.3) is 0 Å². The van der Waals surface area contributed by atoms with Gasteiger partial charge in [0.2, 0.25) is 0 Å². The monoisotopic (exact) mass is 318 g/mol. The molecule has 0 aromatic carbocycles. The Kier molecular flexibility index (Phi) is 4.93. The lowest BCUT2D eigenvalue weighted by Gasteiger charge is -2.29. The second kappa shape index (κ2) is 6.92. The number of fused-ring (bicyclic) bond motifs is 1. The summed E-state index contributed by atoms with van der Waals surface area (Å²) in [6, 6.07) is 0. The van der Waals surface area contributed by atoms with E-state index in [0.29, 0.717) is 5.92 Å². The lowest BCUT2D eigenvalue weighted by molar-refractivity contribution is 0.204. The van der Waals surface area contributed by atoms with Crippen molar-refractivity contribution in [2.75, 3.05) is 31.5 Å². The highest BCUT2D eigenvalue weighted by Crippen LogP contribution is 2.32. The van der Waals surface area contributed by atoms with Gasteiger partial charge in [-0.1, -0.05) is 13.3 Å². The normalized spacial score (nSPS) is 17.8. The Balaban J connectivity index is 1.63. The van der Waals surface area contributed by atoms with Crippen molar-refractivity contribution in [2.45, 2.75) is 40.0 Å². The molecular formula is C17H26N4S. The molecule has 1 aliphatic heterocycles. The third-order valence-electron chi connectivity index (χ3n) is 4.60. The maximum atomic E-state index is 4.47. The molecule has 0 amide bonds. The molecule has 1 N–H and O–H groups in total. The molecule has 1 aliphatic rings. The second-order valence-electron chi connectivity index (χ2n) is 6.53. The molecule has 3 heterocycles. The Hall–Kier alpha value is -1.20. The number of hydrogen-bond acceptors (Lipinski definition) is 5. The van der Waals surface area contributed by atoms with E-state index in [2.05, 4.69) is 41.0 Å². The molecule has 3 rings (SSSR count). The summed E-state index contributed by atoms with van der Waals surface area (Å²) in [6.45, 7) is 11.3. The first-order valence-electron chi connectivity index (χ1n) is 8.32. The largest absolute Gasteiger partial charge is 0.369 e. The molecule has 0 spiro atoms. The van der Waals surface area contributed by atoms with Crippen LogP contribution < -0.4 is 5.32 Å². The molecule has 1 fully saturated rings. The lowest BCUT2D eigenvalue weighted by atomic mass is 10.1. The first kappa shape index (κ1) is 15.7. The Morgan fingerprint density at radius 1 is 1.23 bits per heavy atom. The van der Waals surface area contributed by atoms with E-state index in [4.69, 9.17) is 0 Å². The van der Waals surface area contributed by atoms with Crippen LogP contribution in [0.3, 0.4) is 0 Å². The van der Waals surface area contributed by atoms with Crippen LogP contribution in [0.2, 0.25) is 0 Å². The third-order valence-corrected chi connectivity index (χ3v) is 5.72. The zero-order valence-electron chi connectivity index (χ0n) is 13.9. The van der Waals surface area contributed by atoms with Crippen molar-refractivity contribution in [1.29, 1.82) is 0 Å². The fourth-order valence-electron chi connectivity index (χ4n) is 3.23. The van der Waals surface area contributed by atoms with Crippen molar-refractivity contribution in [2.24, 2.45) is 5.92 Å². The smallest absolute Gasteiger partial charge is 0.138 e. The number of likely N-dealkylation sites (tertiary alicyclic amines) is 1. The number of hydrogen-bond donors (Lipinski definition) is 1. The summed E-state index contributed by atoms with van der Waals surface area (Å²) in [6.07, 6.45) is 5.80. The average Bonchev–Trinajstić information content (AvgIpc) is 2.82. The van der Waals surface area contributed by atoms with E-state index in [1.54, 1.807) is 17.7 Å². The van der Waals surface area contributed by atoms with Crippen molar-refractivity contribution in [1.82, 2.24) is 14.9 Å². The summed E-state index contributed by atoms with van der Waals surface area (Å²) in [5.41, 5.74) is 1.31. The summed E-state index contributed by atoms with van der Waals surface area (Å²) in [5, 5.41) is 4.76. The Morgan fingerprint density at radius 3 is 2.77 bits per heavy atom. The third kappa shape index (κ3) is 3.41. The predicted octanol–water partition coefficient (Wildman–Crippen LogP) is 3.84. The van der Waals surface area contributed by atoms with Crippen LogP contribution in [0.25, 0.3) is 10.2 Å². The van der Waals surface area contributed by atoms with E-state index in [1.165, 1.54) is 54.7 Å². The summed E-state index contributed by atoms with van der Waals surface area (Å²) < 4.78 is 0. The molecule has 5 heteroatoms. The van der Waals surface area contributed by atoms with Gasteiger partial charge in [0.05, 0.1) is 5.39 Å². The molecule has 0 radical (unpaired) electrons. The van der Waals surface area contributed by atoms with Gasteiger partial charge in [-0.05, 0) is 51.3 Å². The number of thiophene rings is 1. The number of nitrogens with one attached hydrogen (secondary N) is 1. The van der Waals surface area contributed by atoms with Gasteiger partial charge in [0.15, 0.2) is 0 Å². The van der Waals surface area contributed by atoms with Gasteiger partial charge < -0.3 is 10.2 Å². The van der Waals surface area contributed by atoms with Crippen molar-refractivity contribution in [3.63, 3.8) is 0 Å². The van der Waals surface area contributed by atoms with Crippen molar-refractivity contribution in [3.8, 4) is 0 Å². The molecule has 22 heavy (non-hydrogen) atoms. The van der Waals surface area contributed by atoms with Crippen LogP contribution in [0.4, 0.5) is 5.82 Å². The molecule has 0 saturated carbocycles. The first-order chi connectivity index (χ1) is 10.6.